The molecule has 1 aromatic heterocycles. The highest BCUT2D eigenvalue weighted by Gasteiger charge is 2.37. The number of rotatable bonds is 12. The van der Waals surface area contributed by atoms with E-state index in [1.54, 1.807) is 18.2 Å². The van der Waals surface area contributed by atoms with Crippen LogP contribution in [0.3, 0.4) is 0 Å². The van der Waals surface area contributed by atoms with Gasteiger partial charge in [0.05, 0.1) is 25.2 Å². The Morgan fingerprint density at radius 1 is 1.18 bits per heavy atom. The van der Waals surface area contributed by atoms with Gasteiger partial charge in [0.1, 0.15) is 24.1 Å². The Bertz CT molecular complexity index is 1270. The molecule has 1 aliphatic rings. The number of fused-ring (bicyclic) bond motifs is 1. The molecule has 0 radical (unpaired) electrons. The first-order chi connectivity index (χ1) is 18.7. The third-order valence-electron chi connectivity index (χ3n) is 7.69. The van der Waals surface area contributed by atoms with E-state index in [1.807, 2.05) is 0 Å². The first kappa shape index (κ1) is 28.6. The second-order valence-corrected chi connectivity index (χ2v) is 10.3. The van der Waals surface area contributed by atoms with Gasteiger partial charge in [0.2, 0.25) is 0 Å². The number of nitrogens with zero attached hydrogens (tertiary/aromatic N) is 2. The maximum atomic E-state index is 13.9. The Hall–Kier alpha value is -3.37. The Morgan fingerprint density at radius 3 is 2.54 bits per heavy atom. The summed E-state index contributed by atoms with van der Waals surface area (Å²) in [5, 5.41) is 24.5. The van der Waals surface area contributed by atoms with Gasteiger partial charge in [-0.25, -0.2) is 13.2 Å². The van der Waals surface area contributed by atoms with Crippen LogP contribution in [0.25, 0.3) is 10.9 Å². The first-order valence-corrected chi connectivity index (χ1v) is 13.1. The van der Waals surface area contributed by atoms with Crippen molar-refractivity contribution >= 4 is 22.6 Å². The van der Waals surface area contributed by atoms with Crippen LogP contribution >= 0.6 is 0 Å². The number of carboxylic acids is 1. The summed E-state index contributed by atoms with van der Waals surface area (Å²) < 4.78 is 46.0. The van der Waals surface area contributed by atoms with Crippen molar-refractivity contribution in [3.63, 3.8) is 0 Å². The number of benzene rings is 2. The van der Waals surface area contributed by atoms with Crippen LogP contribution in [0.2, 0.25) is 0 Å². The zero-order valence-corrected chi connectivity index (χ0v) is 21.9. The molecule has 0 saturated carbocycles. The fourth-order valence-electron chi connectivity index (χ4n) is 5.55. The molecule has 3 aromatic rings. The number of hydrogen-bond donors (Lipinski definition) is 3. The number of aromatic nitrogens is 1. The molecule has 0 amide bonds. The van der Waals surface area contributed by atoms with Crippen LogP contribution in [0, 0.1) is 17.0 Å². The lowest BCUT2D eigenvalue weighted by Crippen LogP contribution is -2.43. The van der Waals surface area contributed by atoms with Crippen molar-refractivity contribution in [3.05, 3.63) is 65.4 Å². The lowest BCUT2D eigenvalue weighted by molar-refractivity contribution is -0.141. The minimum Gasteiger partial charge on any atom is -0.497 e. The smallest absolute Gasteiger partial charge is 0.303 e. The van der Waals surface area contributed by atoms with Crippen LogP contribution in [0.15, 0.2) is 42.6 Å². The first-order valence-electron chi connectivity index (χ1n) is 13.1. The van der Waals surface area contributed by atoms with Crippen molar-refractivity contribution in [1.82, 2.24) is 9.88 Å². The number of nitrogens with one attached hydrogen (secondary N) is 1. The largest absolute Gasteiger partial charge is 0.497 e. The maximum absolute atomic E-state index is 13.9. The summed E-state index contributed by atoms with van der Waals surface area (Å²) in [6.45, 7) is 1.66. The normalized spacial score (nSPS) is 16.2. The minimum atomic E-state index is -0.993. The fourth-order valence-corrected chi connectivity index (χ4v) is 5.55. The Balaban J connectivity index is 1.40. The number of halogens is 3. The van der Waals surface area contributed by atoms with Crippen molar-refractivity contribution in [2.45, 2.75) is 44.9 Å². The summed E-state index contributed by atoms with van der Waals surface area (Å²) in [7, 11) is 1.53. The quantitative estimate of drug-likeness (QED) is 0.278. The number of carboxylic acid groups (broad SMARTS) is 1. The van der Waals surface area contributed by atoms with E-state index in [2.05, 4.69) is 15.2 Å². The predicted molar refractivity (Wildman–Crippen MR) is 143 cm³/mol. The zero-order valence-electron chi connectivity index (χ0n) is 21.9. The molecule has 1 fully saturated rings. The molecule has 0 bridgehead atoms. The highest BCUT2D eigenvalue weighted by atomic mass is 19.1. The average molecular weight is 546 g/mol. The van der Waals surface area contributed by atoms with Gasteiger partial charge in [-0.15, -0.1) is 0 Å². The summed E-state index contributed by atoms with van der Waals surface area (Å²) in [6.07, 6.45) is 2.43. The number of alkyl halides is 1. The SMILES string of the molecule is COc1ccc2ncc(CF)c([C@@H](O)CCC3(CC(=O)O)CCN(CCNc4cc(F)cc(F)c4)CC3)c2c1. The molecule has 0 unspecified atom stereocenters. The van der Waals surface area contributed by atoms with Crippen LogP contribution in [-0.2, 0) is 11.5 Å². The number of aliphatic hydroxyl groups is 1. The van der Waals surface area contributed by atoms with Crippen molar-refractivity contribution in [1.29, 1.82) is 0 Å². The van der Waals surface area contributed by atoms with Crippen LogP contribution in [0.5, 0.6) is 5.75 Å². The van der Waals surface area contributed by atoms with Gasteiger partial charge in [-0.05, 0) is 80.1 Å². The molecule has 1 aliphatic heterocycles. The number of piperidine rings is 1. The standard InChI is InChI=1S/C29H34F3N3O4/c1-39-23-2-3-25-24(15-23)28(19(17-30)18-34-25)26(36)4-5-29(16-27(37)38)6-9-35(10-7-29)11-8-33-22-13-20(31)12-21(32)14-22/h2-3,12-15,18,26,33,36H,4-11,16-17H2,1H3,(H,37,38)/t26-/m0/s1. The number of pyridine rings is 1. The van der Waals surface area contributed by atoms with Crippen molar-refractivity contribution in [3.8, 4) is 5.75 Å². The maximum Gasteiger partial charge on any atom is 0.303 e. The summed E-state index contributed by atoms with van der Waals surface area (Å²) in [5.74, 6) is -1.61. The van der Waals surface area contributed by atoms with Gasteiger partial charge < -0.3 is 25.2 Å². The van der Waals surface area contributed by atoms with E-state index in [-0.39, 0.29) is 12.8 Å². The van der Waals surface area contributed by atoms with Crippen LogP contribution in [0.4, 0.5) is 18.9 Å². The Labute approximate surface area is 225 Å². The lowest BCUT2D eigenvalue weighted by atomic mass is 9.71. The van der Waals surface area contributed by atoms with Crippen LogP contribution in [0.1, 0.15) is 49.3 Å². The van der Waals surface area contributed by atoms with Gasteiger partial charge in [0.15, 0.2) is 0 Å². The molecule has 210 valence electrons. The van der Waals surface area contributed by atoms with Crippen LogP contribution < -0.4 is 10.1 Å². The monoisotopic (exact) mass is 545 g/mol. The molecule has 0 spiro atoms. The third-order valence-corrected chi connectivity index (χ3v) is 7.69. The van der Waals surface area contributed by atoms with E-state index < -0.39 is 35.8 Å². The molecule has 2 heterocycles. The van der Waals surface area contributed by atoms with Crippen molar-refractivity contribution in [2.24, 2.45) is 5.41 Å². The molecule has 10 heteroatoms. The highest BCUT2D eigenvalue weighted by Crippen LogP contribution is 2.42. The molecular formula is C29H34F3N3O4. The molecule has 4 rings (SSSR count). The molecule has 39 heavy (non-hydrogen) atoms. The molecular weight excluding hydrogens is 511 g/mol. The van der Waals surface area contributed by atoms with Crippen molar-refractivity contribution in [2.75, 3.05) is 38.6 Å². The number of hydrogen-bond acceptors (Lipinski definition) is 6. The molecule has 1 atom stereocenters. The van der Waals surface area contributed by atoms with E-state index in [4.69, 9.17) is 4.74 Å². The second-order valence-electron chi connectivity index (χ2n) is 10.3. The highest BCUT2D eigenvalue weighted by molar-refractivity contribution is 5.85. The second kappa shape index (κ2) is 12.7. The third kappa shape index (κ3) is 7.19. The lowest BCUT2D eigenvalue weighted by Gasteiger charge is -2.41. The number of likely N-dealkylation sites (tertiary alicyclic amines) is 1. The molecule has 3 N–H and O–H groups in total. The number of anilines is 1. The van der Waals surface area contributed by atoms with Gasteiger partial charge in [0, 0.05) is 42.0 Å². The topological polar surface area (TPSA) is 94.9 Å². The van der Waals surface area contributed by atoms with Crippen molar-refractivity contribution < 1.29 is 32.9 Å². The summed E-state index contributed by atoms with van der Waals surface area (Å²) in [6, 6.07) is 8.53. The number of aliphatic hydroxyl groups excluding tert-OH is 1. The fraction of sp³-hybridized carbons (Fsp3) is 0.448. The summed E-state index contributed by atoms with van der Waals surface area (Å²) in [5.41, 5.74) is 1.25. The summed E-state index contributed by atoms with van der Waals surface area (Å²) in [4.78, 5) is 18.3. The number of aliphatic carboxylic acids is 1. The molecule has 7 nitrogen and oxygen atoms in total. The molecule has 1 saturated heterocycles. The van der Waals surface area contributed by atoms with E-state index in [9.17, 15) is 28.2 Å². The van der Waals surface area contributed by atoms with Gasteiger partial charge in [0.25, 0.3) is 0 Å². The van der Waals surface area contributed by atoms with Gasteiger partial charge in [-0.3, -0.25) is 9.78 Å². The number of carbonyl (C=O) groups is 1. The average Bonchev–Trinajstić information content (AvgIpc) is 2.91. The van der Waals surface area contributed by atoms with E-state index in [0.29, 0.717) is 78.9 Å². The summed E-state index contributed by atoms with van der Waals surface area (Å²) >= 11 is 0. The van der Waals surface area contributed by atoms with Gasteiger partial charge >= 0.3 is 5.97 Å². The van der Waals surface area contributed by atoms with Crippen LogP contribution in [-0.4, -0.2) is 59.4 Å². The van der Waals surface area contributed by atoms with Gasteiger partial charge in [-0.2, -0.15) is 0 Å². The molecule has 0 aliphatic carbocycles. The van der Waals surface area contributed by atoms with E-state index in [1.165, 1.54) is 25.4 Å². The predicted octanol–water partition coefficient (Wildman–Crippen LogP) is 5.47. The number of ether oxygens (including phenoxy) is 1. The Morgan fingerprint density at radius 2 is 1.90 bits per heavy atom. The Kier molecular flexibility index (Phi) is 9.29. The van der Waals surface area contributed by atoms with E-state index >= 15 is 0 Å². The van der Waals surface area contributed by atoms with Gasteiger partial charge in [-0.1, -0.05) is 0 Å². The minimum absolute atomic E-state index is 0.0186. The van der Waals surface area contributed by atoms with E-state index in [0.717, 1.165) is 6.07 Å². The molecule has 2 aromatic carbocycles. The number of methoxy groups -OCH3 is 1. The zero-order chi connectivity index (χ0) is 28.0.